The normalized spacial score (nSPS) is 26.4. The van der Waals surface area contributed by atoms with E-state index in [1.165, 1.54) is 23.5 Å². The number of ether oxygens (including phenoxy) is 1. The number of hydrogen-bond donors (Lipinski definition) is 3. The fourth-order valence-corrected chi connectivity index (χ4v) is 4.99. The second-order valence-electron chi connectivity index (χ2n) is 8.41. The predicted octanol–water partition coefficient (Wildman–Crippen LogP) is 0.498. The summed E-state index contributed by atoms with van der Waals surface area (Å²) < 4.78 is 32.8. The number of nitrogens with one attached hydrogen (secondary N) is 3. The van der Waals surface area contributed by atoms with E-state index in [2.05, 4.69) is 16.0 Å². The molecule has 2 amide bonds. The Morgan fingerprint density at radius 1 is 1.16 bits per heavy atom. The summed E-state index contributed by atoms with van der Waals surface area (Å²) in [6.07, 6.45) is 4.80. The number of rotatable bonds is 0. The molecule has 1 saturated heterocycles. The molecule has 0 radical (unpaired) electrons. The van der Waals surface area contributed by atoms with Crippen LogP contribution in [0.25, 0.3) is 0 Å². The van der Waals surface area contributed by atoms with Crippen molar-refractivity contribution in [2.75, 3.05) is 46.4 Å². The molecule has 1 spiro atoms. The van der Waals surface area contributed by atoms with E-state index in [4.69, 9.17) is 4.74 Å². The molecule has 0 unspecified atom stereocenters. The van der Waals surface area contributed by atoms with Crippen molar-refractivity contribution in [2.45, 2.75) is 30.7 Å². The molecule has 2 bridgehead atoms. The van der Waals surface area contributed by atoms with Crippen molar-refractivity contribution in [3.8, 4) is 0 Å². The van der Waals surface area contributed by atoms with E-state index < -0.39 is 21.3 Å². The quantitative estimate of drug-likeness (QED) is 0.482. The number of sulfonamides is 1. The summed E-state index contributed by atoms with van der Waals surface area (Å²) in [7, 11) is -2.26. The van der Waals surface area contributed by atoms with Gasteiger partial charge in [-0.15, -0.1) is 0 Å². The third-order valence-corrected chi connectivity index (χ3v) is 7.73. The first-order chi connectivity index (χ1) is 15.2. The number of benzene rings is 1. The van der Waals surface area contributed by atoms with E-state index in [0.29, 0.717) is 12.8 Å². The number of piperidine rings is 1. The Kier molecular flexibility index (Phi) is 8.05. The smallest absolute Gasteiger partial charge is 0.251 e. The van der Waals surface area contributed by atoms with Crippen LogP contribution in [0.15, 0.2) is 41.3 Å². The second kappa shape index (κ2) is 10.6. The average molecular weight is 465 g/mol. The predicted molar refractivity (Wildman–Crippen MR) is 121 cm³/mol. The van der Waals surface area contributed by atoms with Gasteiger partial charge in [0, 0.05) is 31.7 Å². The molecule has 1 aromatic carbocycles. The highest BCUT2D eigenvalue weighted by molar-refractivity contribution is 7.89. The lowest BCUT2D eigenvalue weighted by molar-refractivity contribution is -0.136. The van der Waals surface area contributed by atoms with E-state index in [1.807, 2.05) is 0 Å². The van der Waals surface area contributed by atoms with Crippen LogP contribution in [0.2, 0.25) is 0 Å². The third kappa shape index (κ3) is 5.74. The number of hydrogen-bond acceptors (Lipinski definition) is 6. The van der Waals surface area contributed by atoms with Gasteiger partial charge in [0.1, 0.15) is 0 Å². The second-order valence-corrected chi connectivity index (χ2v) is 10.5. The monoisotopic (exact) mass is 464 g/mol. The zero-order chi connectivity index (χ0) is 23.2. The maximum Gasteiger partial charge on any atom is 0.251 e. The van der Waals surface area contributed by atoms with Crippen LogP contribution in [0.3, 0.4) is 0 Å². The molecule has 1 fully saturated rings. The Morgan fingerprint density at radius 2 is 1.91 bits per heavy atom. The molecule has 3 N–H and O–H groups in total. The van der Waals surface area contributed by atoms with Crippen LogP contribution in [0, 0.1) is 5.41 Å². The Labute approximate surface area is 189 Å². The van der Waals surface area contributed by atoms with E-state index in [9.17, 15) is 18.0 Å². The molecule has 2 aliphatic rings. The minimum absolute atomic E-state index is 0.0484. The lowest BCUT2D eigenvalue weighted by Gasteiger charge is -2.36. The van der Waals surface area contributed by atoms with Gasteiger partial charge in [-0.25, -0.2) is 8.42 Å². The van der Waals surface area contributed by atoms with Gasteiger partial charge >= 0.3 is 0 Å². The first kappa shape index (κ1) is 24.4. The number of carbonyl (C=O) groups excluding carboxylic acids is 2. The number of nitrogens with zero attached hydrogens (tertiary/aromatic N) is 1. The summed E-state index contributed by atoms with van der Waals surface area (Å²) in [5, 5.41) is 9.06. The molecular weight excluding hydrogens is 432 g/mol. The lowest BCUT2D eigenvalue weighted by atomic mass is 9.78. The molecule has 2 heterocycles. The van der Waals surface area contributed by atoms with Crippen LogP contribution >= 0.6 is 0 Å². The largest absolute Gasteiger partial charge is 0.376 e. The molecule has 10 heteroatoms. The Balaban J connectivity index is 1.84. The van der Waals surface area contributed by atoms with Crippen LogP contribution in [-0.4, -0.2) is 77.0 Å². The standard InChI is InChI=1S/C22H32N4O5S/c1-17-15-24-21(28)22(8-10-23-11-9-22)16-31-13-4-3-12-26(2)32(29,30)19-7-5-6-18(14-19)20(27)25-17/h3-7,14,17,23H,8-13,15-16H2,1-2H3,(H,24,28)(H,25,27)/b4-3-/t17-/m1/s1. The van der Waals surface area contributed by atoms with E-state index in [-0.39, 0.29) is 48.7 Å². The zero-order valence-electron chi connectivity index (χ0n) is 18.6. The fraction of sp³-hybridized carbons (Fsp3) is 0.545. The van der Waals surface area contributed by atoms with Gasteiger partial charge in [-0.3, -0.25) is 9.59 Å². The summed E-state index contributed by atoms with van der Waals surface area (Å²) in [5.41, 5.74) is -0.375. The summed E-state index contributed by atoms with van der Waals surface area (Å²) in [6.45, 7) is 4.26. The summed E-state index contributed by atoms with van der Waals surface area (Å²) in [5.74, 6) is -0.467. The Hall–Kier alpha value is -2.27. The maximum atomic E-state index is 13.0. The molecule has 0 aromatic heterocycles. The van der Waals surface area contributed by atoms with Gasteiger partial charge in [-0.2, -0.15) is 4.31 Å². The van der Waals surface area contributed by atoms with E-state index in [1.54, 1.807) is 31.2 Å². The molecule has 176 valence electrons. The molecular formula is C22H32N4O5S. The zero-order valence-corrected chi connectivity index (χ0v) is 19.4. The van der Waals surface area contributed by atoms with Gasteiger partial charge in [-0.1, -0.05) is 18.2 Å². The SMILES string of the molecule is C[C@@H]1CNC(=O)C2(CCNCC2)COC/C=C\CN(C)S(=O)(=O)c2cccc(c2)C(=O)N1. The number of likely N-dealkylation sites (N-methyl/N-ethyl adjacent to an activating group) is 1. The van der Waals surface area contributed by atoms with Crippen molar-refractivity contribution in [2.24, 2.45) is 5.41 Å². The van der Waals surface area contributed by atoms with Crippen LogP contribution in [-0.2, 0) is 19.6 Å². The first-order valence-corrected chi connectivity index (χ1v) is 12.3. The topological polar surface area (TPSA) is 117 Å². The molecule has 1 aromatic rings. The molecule has 1 atom stereocenters. The van der Waals surface area contributed by atoms with Crippen molar-refractivity contribution in [3.63, 3.8) is 0 Å². The van der Waals surface area contributed by atoms with Crippen LogP contribution in [0.1, 0.15) is 30.1 Å². The molecule has 32 heavy (non-hydrogen) atoms. The molecule has 0 saturated carbocycles. The van der Waals surface area contributed by atoms with Crippen molar-refractivity contribution < 1.29 is 22.7 Å². The highest BCUT2D eigenvalue weighted by atomic mass is 32.2. The van der Waals surface area contributed by atoms with Crippen molar-refractivity contribution in [1.29, 1.82) is 0 Å². The van der Waals surface area contributed by atoms with Crippen LogP contribution in [0.4, 0.5) is 0 Å². The Morgan fingerprint density at radius 3 is 2.66 bits per heavy atom. The van der Waals surface area contributed by atoms with Crippen molar-refractivity contribution >= 4 is 21.8 Å². The highest BCUT2D eigenvalue weighted by Crippen LogP contribution is 2.29. The van der Waals surface area contributed by atoms with Crippen molar-refractivity contribution in [3.05, 3.63) is 42.0 Å². The average Bonchev–Trinajstić information content (AvgIpc) is 2.79. The lowest BCUT2D eigenvalue weighted by Crippen LogP contribution is -2.52. The van der Waals surface area contributed by atoms with Crippen LogP contribution in [0.5, 0.6) is 0 Å². The number of amides is 2. The minimum Gasteiger partial charge on any atom is -0.376 e. The maximum absolute atomic E-state index is 13.0. The van der Waals surface area contributed by atoms with Gasteiger partial charge in [0.25, 0.3) is 5.91 Å². The van der Waals surface area contributed by atoms with E-state index >= 15 is 0 Å². The van der Waals surface area contributed by atoms with Gasteiger partial charge in [-0.05, 0) is 51.1 Å². The van der Waals surface area contributed by atoms with E-state index in [0.717, 1.165) is 13.1 Å². The van der Waals surface area contributed by atoms with Gasteiger partial charge < -0.3 is 20.7 Å². The molecule has 2 aliphatic heterocycles. The fourth-order valence-electron chi connectivity index (χ4n) is 3.82. The molecule has 3 rings (SSSR count). The van der Waals surface area contributed by atoms with Crippen LogP contribution < -0.4 is 16.0 Å². The third-order valence-electron chi connectivity index (χ3n) is 5.91. The van der Waals surface area contributed by atoms with Gasteiger partial charge in [0.15, 0.2) is 0 Å². The molecule has 9 nitrogen and oxygen atoms in total. The van der Waals surface area contributed by atoms with Gasteiger partial charge in [0.05, 0.1) is 23.5 Å². The highest BCUT2D eigenvalue weighted by Gasteiger charge is 2.39. The summed E-state index contributed by atoms with van der Waals surface area (Å²) in [4.78, 5) is 25.8. The summed E-state index contributed by atoms with van der Waals surface area (Å²) >= 11 is 0. The minimum atomic E-state index is -3.75. The number of carbonyl (C=O) groups is 2. The van der Waals surface area contributed by atoms with Crippen molar-refractivity contribution in [1.82, 2.24) is 20.3 Å². The number of fused-ring (bicyclic) bond motifs is 2. The Bertz CT molecular complexity index is 957. The summed E-state index contributed by atoms with van der Waals surface area (Å²) in [6, 6.07) is 5.61. The van der Waals surface area contributed by atoms with Gasteiger partial charge in [0.2, 0.25) is 15.9 Å². The first-order valence-electron chi connectivity index (χ1n) is 10.8. The molecule has 0 aliphatic carbocycles.